The molecule has 16 heavy (non-hydrogen) atoms. The number of benzene rings is 1. The van der Waals surface area contributed by atoms with Crippen LogP contribution in [0, 0.1) is 17.0 Å². The van der Waals surface area contributed by atoms with Crippen LogP contribution < -0.4 is 0 Å². The lowest BCUT2D eigenvalue weighted by Gasteiger charge is -2.12. The van der Waals surface area contributed by atoms with Gasteiger partial charge < -0.3 is 0 Å². The second-order valence-electron chi connectivity index (χ2n) is 3.17. The number of nitro benzene ring substituents is 1. The van der Waals surface area contributed by atoms with Crippen molar-refractivity contribution in [1.29, 1.82) is 0 Å². The zero-order valence-electron chi connectivity index (χ0n) is 8.14. The van der Waals surface area contributed by atoms with E-state index >= 15 is 0 Å². The normalized spacial score (nSPS) is 11.6. The molecule has 0 saturated carbocycles. The minimum Gasteiger partial charge on any atom is -0.258 e. The van der Waals surface area contributed by atoms with Gasteiger partial charge in [0.05, 0.1) is 10.5 Å². The molecule has 0 saturated heterocycles. The van der Waals surface area contributed by atoms with Crippen LogP contribution in [-0.4, -0.2) is 4.92 Å². The molecule has 1 aromatic carbocycles. The van der Waals surface area contributed by atoms with Crippen molar-refractivity contribution in [2.75, 3.05) is 0 Å². The Labute approximate surface area is 97.5 Å². The number of rotatable bonds is 2. The molecule has 1 aromatic rings. The van der Waals surface area contributed by atoms with Crippen LogP contribution >= 0.6 is 15.9 Å². The second kappa shape index (κ2) is 4.40. The Hall–Kier alpha value is -1.11. The van der Waals surface area contributed by atoms with Crippen LogP contribution in [0.25, 0.3) is 0 Å². The molecule has 7 heteroatoms. The number of nitrogens with zero attached hydrogens (tertiary/aromatic N) is 1. The van der Waals surface area contributed by atoms with Crippen LogP contribution in [0.1, 0.15) is 16.7 Å². The molecule has 88 valence electrons. The number of halogens is 4. The van der Waals surface area contributed by atoms with Crippen molar-refractivity contribution in [3.8, 4) is 0 Å². The van der Waals surface area contributed by atoms with E-state index in [1.54, 1.807) is 0 Å². The lowest BCUT2D eigenvalue weighted by molar-refractivity contribution is -0.385. The first-order valence-electron chi connectivity index (χ1n) is 4.18. The summed E-state index contributed by atoms with van der Waals surface area (Å²) in [6.45, 7) is 1.29. The Morgan fingerprint density at radius 2 is 2.00 bits per heavy atom. The van der Waals surface area contributed by atoms with Crippen molar-refractivity contribution in [2.45, 2.75) is 18.4 Å². The topological polar surface area (TPSA) is 43.1 Å². The molecule has 0 fully saturated rings. The van der Waals surface area contributed by atoms with Gasteiger partial charge in [0, 0.05) is 17.5 Å². The Bertz CT molecular complexity index is 431. The molecular formula is C9H7BrF3NO2. The van der Waals surface area contributed by atoms with E-state index in [0.29, 0.717) is 6.07 Å². The zero-order valence-corrected chi connectivity index (χ0v) is 9.72. The van der Waals surface area contributed by atoms with Crippen LogP contribution in [0.4, 0.5) is 18.9 Å². The maximum absolute atomic E-state index is 12.6. The van der Waals surface area contributed by atoms with E-state index < -0.39 is 22.4 Å². The third-order valence-corrected chi connectivity index (χ3v) is 2.76. The summed E-state index contributed by atoms with van der Waals surface area (Å²) in [6, 6.07) is 1.70. The van der Waals surface area contributed by atoms with Gasteiger partial charge in [-0.3, -0.25) is 10.1 Å². The van der Waals surface area contributed by atoms with E-state index in [4.69, 9.17) is 0 Å². The molecule has 0 N–H and O–H groups in total. The fourth-order valence-electron chi connectivity index (χ4n) is 1.30. The average Bonchev–Trinajstić information content (AvgIpc) is 2.15. The van der Waals surface area contributed by atoms with Crippen LogP contribution in [0.15, 0.2) is 12.1 Å². The molecule has 0 spiro atoms. The summed E-state index contributed by atoms with van der Waals surface area (Å²) in [4.78, 5) is 9.65. The molecule has 0 aliphatic rings. The summed E-state index contributed by atoms with van der Waals surface area (Å²) in [7, 11) is 0. The minimum atomic E-state index is -4.58. The highest BCUT2D eigenvalue weighted by Gasteiger charge is 2.35. The Kier molecular flexibility index (Phi) is 3.57. The lowest BCUT2D eigenvalue weighted by Crippen LogP contribution is -2.10. The van der Waals surface area contributed by atoms with Gasteiger partial charge in [-0.1, -0.05) is 15.9 Å². The van der Waals surface area contributed by atoms with Crippen molar-refractivity contribution in [2.24, 2.45) is 0 Å². The van der Waals surface area contributed by atoms with Crippen molar-refractivity contribution in [3.63, 3.8) is 0 Å². The van der Waals surface area contributed by atoms with Crippen LogP contribution in [0.2, 0.25) is 0 Å². The van der Waals surface area contributed by atoms with Crippen molar-refractivity contribution in [3.05, 3.63) is 38.9 Å². The van der Waals surface area contributed by atoms with Gasteiger partial charge in [0.2, 0.25) is 0 Å². The Balaban J connectivity index is 3.48. The van der Waals surface area contributed by atoms with E-state index in [0.717, 1.165) is 6.07 Å². The van der Waals surface area contributed by atoms with Crippen LogP contribution in [-0.2, 0) is 11.5 Å². The quantitative estimate of drug-likeness (QED) is 0.473. The van der Waals surface area contributed by atoms with E-state index in [-0.39, 0.29) is 16.5 Å². The zero-order chi connectivity index (χ0) is 12.5. The van der Waals surface area contributed by atoms with Crippen molar-refractivity contribution < 1.29 is 18.1 Å². The lowest BCUT2D eigenvalue weighted by atomic mass is 10.0. The van der Waals surface area contributed by atoms with Gasteiger partial charge in [0.25, 0.3) is 5.69 Å². The highest BCUT2D eigenvalue weighted by Crippen LogP contribution is 2.36. The maximum atomic E-state index is 12.6. The third-order valence-electron chi connectivity index (χ3n) is 2.16. The predicted molar refractivity (Wildman–Crippen MR) is 55.5 cm³/mol. The monoisotopic (exact) mass is 297 g/mol. The highest BCUT2D eigenvalue weighted by atomic mass is 79.9. The summed E-state index contributed by atoms with van der Waals surface area (Å²) >= 11 is 3.00. The van der Waals surface area contributed by atoms with Gasteiger partial charge in [0.15, 0.2) is 0 Å². The van der Waals surface area contributed by atoms with Gasteiger partial charge in [-0.05, 0) is 18.1 Å². The molecule has 0 unspecified atom stereocenters. The Morgan fingerprint density at radius 1 is 1.44 bits per heavy atom. The smallest absolute Gasteiger partial charge is 0.258 e. The fraction of sp³-hybridized carbons (Fsp3) is 0.333. The maximum Gasteiger partial charge on any atom is 0.416 e. The van der Waals surface area contributed by atoms with Gasteiger partial charge in [0.1, 0.15) is 0 Å². The van der Waals surface area contributed by atoms with E-state index in [1.807, 2.05) is 0 Å². The van der Waals surface area contributed by atoms with Gasteiger partial charge in [-0.15, -0.1) is 0 Å². The first-order valence-corrected chi connectivity index (χ1v) is 5.30. The summed E-state index contributed by atoms with van der Waals surface area (Å²) in [5.74, 6) is 0. The Morgan fingerprint density at radius 3 is 2.38 bits per heavy atom. The molecule has 0 aliphatic carbocycles. The molecular weight excluding hydrogens is 291 g/mol. The minimum absolute atomic E-state index is 0.00924. The van der Waals surface area contributed by atoms with Gasteiger partial charge in [-0.2, -0.15) is 13.2 Å². The molecule has 0 atom stereocenters. The standard InChI is InChI=1S/C9H7BrF3NO2/c1-5-6(4-10)2-7(14(15)16)3-8(5)9(11,12)13/h2-3H,4H2,1H3. The van der Waals surface area contributed by atoms with E-state index in [1.165, 1.54) is 6.92 Å². The molecule has 0 bridgehead atoms. The SMILES string of the molecule is Cc1c(CBr)cc([N+](=O)[O-])cc1C(F)(F)F. The molecule has 0 aliphatic heterocycles. The predicted octanol–water partition coefficient (Wildman–Crippen LogP) is 3.82. The summed E-state index contributed by atoms with van der Waals surface area (Å²) in [6.07, 6.45) is -4.58. The van der Waals surface area contributed by atoms with Gasteiger partial charge >= 0.3 is 6.18 Å². The molecule has 0 aromatic heterocycles. The molecule has 0 amide bonds. The average molecular weight is 298 g/mol. The summed E-state index contributed by atoms with van der Waals surface area (Å²) < 4.78 is 37.7. The molecule has 1 rings (SSSR count). The largest absolute Gasteiger partial charge is 0.416 e. The molecule has 0 radical (unpaired) electrons. The number of non-ortho nitro benzene ring substituents is 1. The van der Waals surface area contributed by atoms with E-state index in [9.17, 15) is 23.3 Å². The van der Waals surface area contributed by atoms with Gasteiger partial charge in [-0.25, -0.2) is 0 Å². The molecule has 0 heterocycles. The fourth-order valence-corrected chi connectivity index (χ4v) is 1.88. The first kappa shape index (κ1) is 13.0. The summed E-state index contributed by atoms with van der Waals surface area (Å²) in [5, 5.41) is 10.6. The van der Waals surface area contributed by atoms with Crippen LogP contribution in [0.5, 0.6) is 0 Å². The number of alkyl halides is 4. The van der Waals surface area contributed by atoms with Crippen molar-refractivity contribution in [1.82, 2.24) is 0 Å². The number of hydrogen-bond acceptors (Lipinski definition) is 2. The van der Waals surface area contributed by atoms with Crippen molar-refractivity contribution >= 4 is 21.6 Å². The van der Waals surface area contributed by atoms with Crippen LogP contribution in [0.3, 0.4) is 0 Å². The first-order chi connectivity index (χ1) is 7.27. The number of nitro groups is 1. The molecule has 3 nitrogen and oxygen atoms in total. The third kappa shape index (κ3) is 2.52. The highest BCUT2D eigenvalue weighted by molar-refractivity contribution is 9.08. The number of hydrogen-bond donors (Lipinski definition) is 0. The summed E-state index contributed by atoms with van der Waals surface area (Å²) in [5.41, 5.74) is -1.24. The second-order valence-corrected chi connectivity index (χ2v) is 3.73. The van der Waals surface area contributed by atoms with E-state index in [2.05, 4.69) is 15.9 Å².